The minimum Gasteiger partial charge on any atom is -0.271 e. The highest BCUT2D eigenvalue weighted by atomic mass is 127. The maximum atomic E-state index is 5.65. The topological polar surface area (TPSA) is 38.0 Å². The Kier molecular flexibility index (Phi) is 4.98. The molecule has 1 aromatic heterocycles. The van der Waals surface area contributed by atoms with E-state index in [0.717, 1.165) is 10.2 Å². The van der Waals surface area contributed by atoms with Gasteiger partial charge in [0.1, 0.15) is 0 Å². The number of thiophene rings is 1. The predicted octanol–water partition coefficient (Wildman–Crippen LogP) is 3.86. The van der Waals surface area contributed by atoms with Gasteiger partial charge in [-0.1, -0.05) is 12.1 Å². The molecule has 0 aliphatic rings. The van der Waals surface area contributed by atoms with Gasteiger partial charge in [-0.15, -0.1) is 11.3 Å². The van der Waals surface area contributed by atoms with E-state index in [2.05, 4.69) is 80.3 Å². The molecule has 1 aromatic carbocycles. The molecular weight excluding hydrogens is 411 g/mol. The molecule has 1 atom stereocenters. The molecule has 1 heterocycles. The fraction of sp³-hybridized carbons (Fsp3) is 0.167. The summed E-state index contributed by atoms with van der Waals surface area (Å²) in [5, 5.41) is 0. The summed E-state index contributed by atoms with van der Waals surface area (Å²) < 4.78 is 2.39. The van der Waals surface area contributed by atoms with Gasteiger partial charge < -0.3 is 0 Å². The van der Waals surface area contributed by atoms with Crippen LogP contribution in [0.3, 0.4) is 0 Å². The molecule has 2 rings (SSSR count). The zero-order valence-electron chi connectivity index (χ0n) is 8.99. The van der Waals surface area contributed by atoms with Gasteiger partial charge in [-0.05, 0) is 68.3 Å². The SMILES string of the molecule is NNC(Cc1ccc(Br)s1)c1cccc(I)c1. The summed E-state index contributed by atoms with van der Waals surface area (Å²) in [5.41, 5.74) is 4.12. The van der Waals surface area contributed by atoms with Crippen molar-refractivity contribution in [1.29, 1.82) is 0 Å². The second-order valence-electron chi connectivity index (χ2n) is 3.68. The van der Waals surface area contributed by atoms with Crippen molar-refractivity contribution < 1.29 is 0 Å². The summed E-state index contributed by atoms with van der Waals surface area (Å²) in [5.74, 6) is 5.65. The number of rotatable bonds is 4. The van der Waals surface area contributed by atoms with Crippen LogP contribution >= 0.6 is 49.9 Å². The molecule has 2 nitrogen and oxygen atoms in total. The smallest absolute Gasteiger partial charge is 0.0701 e. The van der Waals surface area contributed by atoms with Gasteiger partial charge in [0.25, 0.3) is 0 Å². The summed E-state index contributed by atoms with van der Waals surface area (Å²) in [6, 6.07) is 12.8. The van der Waals surface area contributed by atoms with Crippen molar-refractivity contribution in [2.75, 3.05) is 0 Å². The molecular formula is C12H12BrIN2S. The Hall–Kier alpha value is 0.0500. The number of benzene rings is 1. The van der Waals surface area contributed by atoms with Gasteiger partial charge in [-0.3, -0.25) is 11.3 Å². The Morgan fingerprint density at radius 1 is 1.35 bits per heavy atom. The minimum absolute atomic E-state index is 0.162. The third-order valence-electron chi connectivity index (χ3n) is 2.49. The molecule has 0 saturated heterocycles. The number of nitrogens with two attached hydrogens (primary N) is 1. The Bertz CT molecular complexity index is 501. The van der Waals surface area contributed by atoms with E-state index >= 15 is 0 Å². The van der Waals surface area contributed by atoms with Crippen LogP contribution in [0, 0.1) is 3.57 Å². The Morgan fingerprint density at radius 3 is 2.76 bits per heavy atom. The minimum atomic E-state index is 0.162. The van der Waals surface area contributed by atoms with E-state index in [1.807, 2.05) is 0 Å². The molecule has 3 N–H and O–H groups in total. The largest absolute Gasteiger partial charge is 0.271 e. The first-order chi connectivity index (χ1) is 8.19. The fourth-order valence-corrected chi connectivity index (χ4v) is 3.75. The maximum Gasteiger partial charge on any atom is 0.0701 e. The van der Waals surface area contributed by atoms with Gasteiger partial charge >= 0.3 is 0 Å². The fourth-order valence-electron chi connectivity index (χ4n) is 1.66. The van der Waals surface area contributed by atoms with Crippen LogP contribution in [0.5, 0.6) is 0 Å². The highest BCUT2D eigenvalue weighted by molar-refractivity contribution is 14.1. The molecule has 0 spiro atoms. The van der Waals surface area contributed by atoms with Crippen LogP contribution in [-0.4, -0.2) is 0 Å². The third-order valence-corrected chi connectivity index (χ3v) is 4.80. The van der Waals surface area contributed by atoms with Crippen LogP contribution in [0.4, 0.5) is 0 Å². The van der Waals surface area contributed by atoms with Crippen LogP contribution in [0.15, 0.2) is 40.2 Å². The number of hydrazine groups is 1. The van der Waals surface area contributed by atoms with Gasteiger partial charge in [0.2, 0.25) is 0 Å². The van der Waals surface area contributed by atoms with Crippen molar-refractivity contribution >= 4 is 49.9 Å². The van der Waals surface area contributed by atoms with Crippen LogP contribution in [0.1, 0.15) is 16.5 Å². The highest BCUT2D eigenvalue weighted by Crippen LogP contribution is 2.27. The lowest BCUT2D eigenvalue weighted by atomic mass is 10.0. The number of halogens is 2. The van der Waals surface area contributed by atoms with Crippen molar-refractivity contribution in [1.82, 2.24) is 5.43 Å². The maximum absolute atomic E-state index is 5.65. The molecule has 0 amide bonds. The van der Waals surface area contributed by atoms with Crippen molar-refractivity contribution in [2.45, 2.75) is 12.5 Å². The van der Waals surface area contributed by atoms with E-state index in [1.54, 1.807) is 11.3 Å². The molecule has 0 bridgehead atoms. The van der Waals surface area contributed by atoms with Gasteiger partial charge in [0.05, 0.1) is 9.83 Å². The standard InChI is InChI=1S/C12H12BrIN2S/c13-12-5-4-10(17-12)7-11(16-15)8-2-1-3-9(14)6-8/h1-6,11,16H,7,15H2. The van der Waals surface area contributed by atoms with Crippen molar-refractivity contribution in [2.24, 2.45) is 5.84 Å². The number of hydrogen-bond donors (Lipinski definition) is 2. The molecule has 0 aliphatic carbocycles. The van der Waals surface area contributed by atoms with Crippen LogP contribution < -0.4 is 11.3 Å². The first-order valence-corrected chi connectivity index (χ1v) is 7.83. The van der Waals surface area contributed by atoms with E-state index in [4.69, 9.17) is 5.84 Å². The average molecular weight is 423 g/mol. The normalized spacial score (nSPS) is 12.6. The lowest BCUT2D eigenvalue weighted by Crippen LogP contribution is -2.29. The van der Waals surface area contributed by atoms with Gasteiger partial charge in [0, 0.05) is 14.9 Å². The number of nitrogens with one attached hydrogen (secondary N) is 1. The van der Waals surface area contributed by atoms with Crippen molar-refractivity contribution in [3.63, 3.8) is 0 Å². The summed E-state index contributed by atoms with van der Waals surface area (Å²) in [6.07, 6.45) is 0.910. The van der Waals surface area contributed by atoms with E-state index < -0.39 is 0 Å². The first-order valence-electron chi connectivity index (χ1n) is 5.15. The molecule has 0 fully saturated rings. The van der Waals surface area contributed by atoms with E-state index in [-0.39, 0.29) is 6.04 Å². The molecule has 5 heteroatoms. The average Bonchev–Trinajstić information content (AvgIpc) is 2.72. The van der Waals surface area contributed by atoms with E-state index in [1.165, 1.54) is 14.0 Å². The molecule has 0 aliphatic heterocycles. The number of hydrogen-bond acceptors (Lipinski definition) is 3. The monoisotopic (exact) mass is 422 g/mol. The summed E-state index contributed by atoms with van der Waals surface area (Å²) in [4.78, 5) is 1.32. The molecule has 17 heavy (non-hydrogen) atoms. The second-order valence-corrected chi connectivity index (χ2v) is 7.48. The quantitative estimate of drug-likeness (QED) is 0.446. The Labute approximate surface area is 127 Å². The van der Waals surface area contributed by atoms with Crippen LogP contribution in [-0.2, 0) is 6.42 Å². The summed E-state index contributed by atoms with van der Waals surface area (Å²) in [7, 11) is 0. The molecule has 0 radical (unpaired) electrons. The van der Waals surface area contributed by atoms with Gasteiger partial charge in [-0.25, -0.2) is 0 Å². The second kappa shape index (κ2) is 6.29. The highest BCUT2D eigenvalue weighted by Gasteiger charge is 2.12. The lowest BCUT2D eigenvalue weighted by Gasteiger charge is -2.15. The van der Waals surface area contributed by atoms with Gasteiger partial charge in [0.15, 0.2) is 0 Å². The van der Waals surface area contributed by atoms with E-state index in [9.17, 15) is 0 Å². The Balaban J connectivity index is 2.16. The zero-order chi connectivity index (χ0) is 12.3. The molecule has 2 aromatic rings. The molecule has 90 valence electrons. The lowest BCUT2D eigenvalue weighted by molar-refractivity contribution is 0.555. The summed E-state index contributed by atoms with van der Waals surface area (Å²) >= 11 is 7.54. The zero-order valence-corrected chi connectivity index (χ0v) is 13.6. The first kappa shape index (κ1) is 13.5. The predicted molar refractivity (Wildman–Crippen MR) is 84.9 cm³/mol. The third kappa shape index (κ3) is 3.75. The van der Waals surface area contributed by atoms with Gasteiger partial charge in [-0.2, -0.15) is 0 Å². The van der Waals surface area contributed by atoms with Crippen molar-refractivity contribution in [3.8, 4) is 0 Å². The van der Waals surface area contributed by atoms with Crippen LogP contribution in [0.2, 0.25) is 0 Å². The Morgan fingerprint density at radius 2 is 2.18 bits per heavy atom. The summed E-state index contributed by atoms with van der Waals surface area (Å²) in [6.45, 7) is 0. The molecule has 1 unspecified atom stereocenters. The van der Waals surface area contributed by atoms with Crippen LogP contribution in [0.25, 0.3) is 0 Å². The molecule has 0 saturated carbocycles. The van der Waals surface area contributed by atoms with E-state index in [0.29, 0.717) is 0 Å². The van der Waals surface area contributed by atoms with Crippen molar-refractivity contribution in [3.05, 3.63) is 54.2 Å².